The Hall–Kier alpha value is -2.14. The monoisotopic (exact) mass is 1120 g/mol. The summed E-state index contributed by atoms with van der Waals surface area (Å²) in [5, 5.41) is -0.0535. The average Bonchev–Trinajstić information content (AvgIpc) is 3.29. The summed E-state index contributed by atoms with van der Waals surface area (Å²) in [5.41, 5.74) is 0.556. The minimum atomic E-state index is -2.58. The third-order valence-electron chi connectivity index (χ3n) is 18.2. The number of ketones is 1. The molecule has 4 saturated heterocycles. The number of rotatable bonds is 25. The molecule has 18 heteroatoms. The molecule has 438 valence electrons. The number of carbonyl (C=O) groups excluding carboxylic acids is 5. The standard InChI is InChI=1S/C58H104O15Si3/c1-22-75(23-2,24-3)73-56(18)31-49(69-58(36-56)33-48(65-43(13)60)27-46(68-58)30-53(63)72-76(37(4)5,38(6)7)39(8)9)25-40(10)41(11)54(66-44(14)61)42(12)52(62)29-45-26-47(64-19)32-57(67-45)34-50(28-51(35-59)70-57)71-74(20,21)55(15,16)17/h35,37-39,41-42,45-51,54H,10,22-34,36H2,1-9,11-21H3/t41-,42-,45+,46-,47+,48+,49+,50+,51-,54+,56+,57+,58-/m1/s1. The third kappa shape index (κ3) is 16.5. The number of esters is 2. The van der Waals surface area contributed by atoms with Crippen molar-refractivity contribution < 1.29 is 70.4 Å². The first kappa shape index (κ1) is 66.4. The fourth-order valence-corrected chi connectivity index (χ4v) is 23.0. The van der Waals surface area contributed by atoms with Gasteiger partial charge >= 0.3 is 11.9 Å². The fourth-order valence-electron chi connectivity index (χ4n) is 13.3. The molecule has 0 amide bonds. The predicted molar refractivity (Wildman–Crippen MR) is 302 cm³/mol. The van der Waals surface area contributed by atoms with Crippen molar-refractivity contribution in [3.05, 3.63) is 12.2 Å². The molecule has 76 heavy (non-hydrogen) atoms. The number of Topliss-reactive ketones (excluding diaryl/α,β-unsaturated/α-hetero) is 1. The molecule has 4 rings (SSSR count). The molecule has 0 aromatic rings. The summed E-state index contributed by atoms with van der Waals surface area (Å²) < 4.78 is 66.3. The zero-order chi connectivity index (χ0) is 57.6. The van der Waals surface area contributed by atoms with Crippen LogP contribution in [0.15, 0.2) is 12.2 Å². The Morgan fingerprint density at radius 1 is 0.697 bits per heavy atom. The van der Waals surface area contributed by atoms with Gasteiger partial charge in [-0.25, -0.2) is 0 Å². The maximum Gasteiger partial charge on any atom is 0.302 e. The third-order valence-corrected chi connectivity index (χ3v) is 33.5. The van der Waals surface area contributed by atoms with Gasteiger partial charge in [-0.05, 0) is 66.2 Å². The molecule has 4 heterocycles. The molecule has 0 N–H and O–H groups in total. The van der Waals surface area contributed by atoms with Crippen LogP contribution in [-0.4, -0.2) is 128 Å². The number of carbonyl (C=O) groups is 5. The van der Waals surface area contributed by atoms with Crippen molar-refractivity contribution in [1.29, 1.82) is 0 Å². The van der Waals surface area contributed by atoms with Crippen molar-refractivity contribution in [2.75, 3.05) is 7.11 Å². The van der Waals surface area contributed by atoms with E-state index in [1.807, 2.05) is 6.92 Å². The van der Waals surface area contributed by atoms with Crippen molar-refractivity contribution in [2.24, 2.45) is 11.8 Å². The summed E-state index contributed by atoms with van der Waals surface area (Å²) in [5.74, 6) is -5.22. The maximum absolute atomic E-state index is 14.6. The minimum absolute atomic E-state index is 0.00435. The highest BCUT2D eigenvalue weighted by atomic mass is 28.4. The van der Waals surface area contributed by atoms with Crippen molar-refractivity contribution in [2.45, 2.75) is 307 Å². The first-order valence-electron chi connectivity index (χ1n) is 28.9. The number of ether oxygens (including phenoxy) is 7. The first-order valence-corrected chi connectivity index (χ1v) is 36.5. The maximum atomic E-state index is 14.6. The van der Waals surface area contributed by atoms with Gasteiger partial charge in [0.15, 0.2) is 28.2 Å². The van der Waals surface area contributed by atoms with Gasteiger partial charge in [0, 0.05) is 84.7 Å². The van der Waals surface area contributed by atoms with Crippen LogP contribution >= 0.6 is 0 Å². The lowest BCUT2D eigenvalue weighted by atomic mass is 9.78. The molecular formula is C58H104O15Si3. The van der Waals surface area contributed by atoms with Crippen LogP contribution in [-0.2, 0) is 70.4 Å². The van der Waals surface area contributed by atoms with Gasteiger partial charge in [0.05, 0.1) is 48.5 Å². The molecule has 4 aliphatic rings. The minimum Gasteiger partial charge on any atom is -0.518 e. The van der Waals surface area contributed by atoms with E-state index in [4.69, 9.17) is 46.4 Å². The van der Waals surface area contributed by atoms with Crippen LogP contribution in [0.1, 0.15) is 188 Å². The average molecular weight is 1130 g/mol. The quantitative estimate of drug-likeness (QED) is 0.0365. The van der Waals surface area contributed by atoms with Crippen molar-refractivity contribution >= 4 is 54.9 Å². The van der Waals surface area contributed by atoms with Gasteiger partial charge in [-0.2, -0.15) is 0 Å². The number of hydrogen-bond donors (Lipinski definition) is 0. The van der Waals surface area contributed by atoms with Gasteiger partial charge in [-0.1, -0.05) is 109 Å². The van der Waals surface area contributed by atoms with Gasteiger partial charge < -0.3 is 51.2 Å². The fraction of sp³-hybridized carbons (Fsp3) is 0.879. The van der Waals surface area contributed by atoms with E-state index in [1.165, 1.54) is 13.8 Å². The SMILES string of the molecule is C=C(C[C@H]1C[C@](C)(O[Si](CC)(CC)CC)C[C@@]2(C[C@@H](OC(C)=O)C[C@H](CC(=O)O[Si](C(C)C)(C(C)C)C(C)C)O2)O1)[C@@H](C)[C@H](OC(C)=O)[C@H](C)C(=O)C[C@@H]1C[C@H](OC)C[C@]2(C[C@@H](O[Si](C)(C)C(C)(C)C)C[C@H](C=O)O2)O1. The Bertz CT molecular complexity index is 1950. The molecule has 15 nitrogen and oxygen atoms in total. The number of methoxy groups -OCH3 is 1. The highest BCUT2D eigenvalue weighted by Gasteiger charge is 2.57. The molecule has 4 fully saturated rings. The van der Waals surface area contributed by atoms with E-state index in [0.717, 1.165) is 24.4 Å². The van der Waals surface area contributed by atoms with E-state index >= 15 is 0 Å². The summed E-state index contributed by atoms with van der Waals surface area (Å²) in [6, 6.07) is 2.76. The number of aldehydes is 1. The Balaban J connectivity index is 1.64. The van der Waals surface area contributed by atoms with Gasteiger partial charge in [0.2, 0.25) is 0 Å². The molecule has 0 aromatic carbocycles. The van der Waals surface area contributed by atoms with Crippen LogP contribution in [0.2, 0.25) is 52.9 Å². The van der Waals surface area contributed by atoms with Gasteiger partial charge in [0.25, 0.3) is 14.3 Å². The van der Waals surface area contributed by atoms with Crippen LogP contribution < -0.4 is 0 Å². The lowest BCUT2D eigenvalue weighted by Gasteiger charge is -2.55. The van der Waals surface area contributed by atoms with E-state index in [2.05, 4.69) is 110 Å². The molecule has 0 saturated carbocycles. The van der Waals surface area contributed by atoms with E-state index in [9.17, 15) is 24.0 Å². The summed E-state index contributed by atoms with van der Waals surface area (Å²) in [7, 11) is -5.43. The predicted octanol–water partition coefficient (Wildman–Crippen LogP) is 12.6. The van der Waals surface area contributed by atoms with Crippen LogP contribution in [0, 0.1) is 11.8 Å². The highest BCUT2D eigenvalue weighted by Crippen LogP contribution is 2.51. The van der Waals surface area contributed by atoms with Crippen molar-refractivity contribution in [3.8, 4) is 0 Å². The van der Waals surface area contributed by atoms with Crippen molar-refractivity contribution in [1.82, 2.24) is 0 Å². The Labute approximate surface area is 461 Å². The van der Waals surface area contributed by atoms with Crippen molar-refractivity contribution in [3.63, 3.8) is 0 Å². The van der Waals surface area contributed by atoms with Gasteiger partial charge in [-0.15, -0.1) is 0 Å². The van der Waals surface area contributed by atoms with E-state index in [-0.39, 0.29) is 64.9 Å². The van der Waals surface area contributed by atoms with E-state index in [1.54, 1.807) is 14.0 Å². The summed E-state index contributed by atoms with van der Waals surface area (Å²) in [4.78, 5) is 66.8. The van der Waals surface area contributed by atoms with Crippen LogP contribution in [0.5, 0.6) is 0 Å². The van der Waals surface area contributed by atoms with Crippen LogP contribution in [0.3, 0.4) is 0 Å². The smallest absolute Gasteiger partial charge is 0.302 e. The zero-order valence-corrected chi connectivity index (χ0v) is 53.8. The summed E-state index contributed by atoms with van der Waals surface area (Å²) in [6.45, 7) is 43.5. The molecule has 4 aliphatic heterocycles. The lowest BCUT2D eigenvalue weighted by Crippen LogP contribution is -2.61. The second-order valence-corrected chi connectivity index (χ2v) is 40.9. The molecule has 0 bridgehead atoms. The van der Waals surface area contributed by atoms with Gasteiger partial charge in [0.1, 0.15) is 30.4 Å². The highest BCUT2D eigenvalue weighted by molar-refractivity contribution is 6.79. The van der Waals surface area contributed by atoms with Gasteiger partial charge in [-0.3, -0.25) is 19.2 Å². The Kier molecular flexibility index (Phi) is 23.3. The largest absolute Gasteiger partial charge is 0.518 e. The van der Waals surface area contributed by atoms with E-state index in [0.29, 0.717) is 56.9 Å². The molecule has 0 unspecified atom stereocenters. The molecule has 13 atom stereocenters. The Morgan fingerprint density at radius 3 is 1.74 bits per heavy atom. The second kappa shape index (κ2) is 26.6. The second-order valence-electron chi connectivity index (χ2n) is 26.1. The molecule has 2 spiro atoms. The lowest BCUT2D eigenvalue weighted by molar-refractivity contribution is -0.347. The summed E-state index contributed by atoms with van der Waals surface area (Å²) >= 11 is 0. The molecular weight excluding hydrogens is 1020 g/mol. The first-order chi connectivity index (χ1) is 35.1. The Morgan fingerprint density at radius 2 is 1.22 bits per heavy atom. The zero-order valence-electron chi connectivity index (χ0n) is 50.8. The molecule has 0 aliphatic carbocycles. The number of hydrogen-bond acceptors (Lipinski definition) is 15. The topological polar surface area (TPSA) is 178 Å². The summed E-state index contributed by atoms with van der Waals surface area (Å²) in [6.07, 6.45) is -0.521. The van der Waals surface area contributed by atoms with E-state index < -0.39 is 103 Å². The normalized spacial score (nSPS) is 31.0. The van der Waals surface area contributed by atoms with Crippen LogP contribution in [0.4, 0.5) is 0 Å². The molecule has 0 radical (unpaired) electrons. The molecule has 0 aromatic heterocycles. The van der Waals surface area contributed by atoms with Crippen LogP contribution in [0.25, 0.3) is 0 Å².